The van der Waals surface area contributed by atoms with Crippen molar-refractivity contribution in [3.8, 4) is 40.2 Å². The van der Waals surface area contributed by atoms with Gasteiger partial charge in [0, 0.05) is 18.5 Å². The number of unbranched alkanes of at least 4 members (excludes halogenated alkanes) is 7. The lowest BCUT2D eigenvalue weighted by atomic mass is 9.91. The van der Waals surface area contributed by atoms with E-state index in [1.54, 1.807) is 55.5 Å². The van der Waals surface area contributed by atoms with E-state index in [1.165, 1.54) is 21.3 Å². The number of carbonyl (C=O) groups is 6. The molecule has 0 radical (unpaired) electrons. The molecule has 19 nitrogen and oxygen atoms in total. The maximum Gasteiger partial charge on any atom is 0.329 e. The van der Waals surface area contributed by atoms with E-state index in [9.17, 15) is 33.9 Å². The van der Waals surface area contributed by atoms with Gasteiger partial charge in [0.15, 0.2) is 23.0 Å². The zero-order chi connectivity index (χ0) is 57.1. The number of benzene rings is 4. The zero-order valence-electron chi connectivity index (χ0n) is 47.0. The molecular weight excluding hydrogens is 1030 g/mol. The highest BCUT2D eigenvalue weighted by atomic mass is 16.6. The summed E-state index contributed by atoms with van der Waals surface area (Å²) in [5, 5.41) is 16.4. The molecule has 2 unspecified atom stereocenters. The van der Waals surface area contributed by atoms with Gasteiger partial charge in [-0.1, -0.05) is 75.8 Å². The molecule has 3 heterocycles. The molecule has 432 valence electrons. The maximum atomic E-state index is 14.6. The molecule has 4 aromatic rings. The van der Waals surface area contributed by atoms with E-state index in [-0.39, 0.29) is 36.5 Å². The number of aryl methyl sites for hydroxylation is 1. The number of hydrogen-bond acceptors (Lipinski definition) is 16. The van der Waals surface area contributed by atoms with Crippen molar-refractivity contribution in [3.63, 3.8) is 0 Å². The molecule has 0 aromatic heterocycles. The summed E-state index contributed by atoms with van der Waals surface area (Å²) in [7, 11) is 7.75. The smallest absolute Gasteiger partial charge is 0.329 e. The number of esters is 1. The number of fused-ring (bicyclic) bond motifs is 1. The van der Waals surface area contributed by atoms with Crippen LogP contribution in [0.1, 0.15) is 153 Å². The number of methoxy groups -OCH3 is 5. The van der Waals surface area contributed by atoms with Gasteiger partial charge in [-0.3, -0.25) is 39.5 Å². The summed E-state index contributed by atoms with van der Waals surface area (Å²) in [5.41, 5.74) is 2.60. The molecule has 19 heteroatoms. The summed E-state index contributed by atoms with van der Waals surface area (Å²) in [4.78, 5) is 82.4. The van der Waals surface area contributed by atoms with Crippen molar-refractivity contribution < 1.29 is 71.8 Å². The van der Waals surface area contributed by atoms with E-state index in [4.69, 9.17) is 37.9 Å². The van der Waals surface area contributed by atoms with Crippen molar-refractivity contribution >= 4 is 35.5 Å². The predicted octanol–water partition coefficient (Wildman–Crippen LogP) is 8.41. The fraction of sp³-hybridized carbons (Fsp3) is 0.508. The van der Waals surface area contributed by atoms with E-state index in [1.807, 2.05) is 43.3 Å². The fourth-order valence-electron chi connectivity index (χ4n) is 10.8. The fourth-order valence-corrected chi connectivity index (χ4v) is 10.8. The maximum absolute atomic E-state index is 14.6. The topological polar surface area (TPSA) is 227 Å². The Labute approximate surface area is 468 Å². The molecule has 0 spiro atoms. The number of piperidine rings is 2. The third-order valence-corrected chi connectivity index (χ3v) is 15.1. The molecule has 0 bridgehead atoms. The molecule has 0 aliphatic carbocycles. The number of nitrogens with zero attached hydrogens (tertiary/aromatic N) is 2. The van der Waals surface area contributed by atoms with Crippen LogP contribution in [0.4, 0.5) is 0 Å². The monoisotopic (exact) mass is 1110 g/mol. The molecule has 80 heavy (non-hydrogen) atoms. The highest BCUT2D eigenvalue weighted by Crippen LogP contribution is 2.42. The zero-order valence-corrected chi connectivity index (χ0v) is 47.0. The minimum absolute atomic E-state index is 0.0523. The van der Waals surface area contributed by atoms with E-state index in [0.29, 0.717) is 96.8 Å². The molecule has 4 aromatic carbocycles. The summed E-state index contributed by atoms with van der Waals surface area (Å²) in [6.07, 6.45) is 9.38. The van der Waals surface area contributed by atoms with Crippen molar-refractivity contribution in [2.75, 3.05) is 61.9 Å². The lowest BCUT2D eigenvalue weighted by molar-refractivity contribution is -0.162. The highest BCUT2D eigenvalue weighted by molar-refractivity contribution is 6.24. The molecule has 5 atom stereocenters. The van der Waals surface area contributed by atoms with Crippen LogP contribution in [-0.2, 0) is 30.3 Å². The second-order valence-electron chi connectivity index (χ2n) is 20.2. The Bertz CT molecular complexity index is 2760. The Morgan fingerprint density at radius 1 is 0.713 bits per heavy atom. The Morgan fingerprint density at radius 2 is 1.40 bits per heavy atom. The van der Waals surface area contributed by atoms with Gasteiger partial charge in [-0.15, -0.1) is 0 Å². The number of imide groups is 2. The third kappa shape index (κ3) is 14.9. The number of rotatable bonds is 31. The SMILES string of the molecule is CC[C@H](C(=O)N1CCCC[C@H]1C(=O)O[C@H](CCc1ccc(OC)c(OC)c1)c1ccccc1OCC(O)NCCCCCCCCCCOc1cccc2c1C(=O)N(C1CCC(=O)NC1=O)C2=O)c1cc(OC)c(OC)c(OC)c1. The molecule has 3 aliphatic heterocycles. The lowest BCUT2D eigenvalue weighted by Crippen LogP contribution is -2.54. The molecule has 0 saturated carbocycles. The largest absolute Gasteiger partial charge is 0.493 e. The van der Waals surface area contributed by atoms with Gasteiger partial charge in [-0.25, -0.2) is 4.79 Å². The minimum atomic E-state index is -1.03. The number of amides is 5. The molecule has 2 fully saturated rings. The number of aliphatic hydroxyl groups is 1. The summed E-state index contributed by atoms with van der Waals surface area (Å²) in [5.74, 6) is -0.284. The molecule has 3 aliphatic rings. The number of ether oxygens (including phenoxy) is 8. The van der Waals surface area contributed by atoms with Crippen molar-refractivity contribution in [3.05, 3.63) is 101 Å². The lowest BCUT2D eigenvalue weighted by Gasteiger charge is -2.37. The van der Waals surface area contributed by atoms with Crippen LogP contribution in [0.5, 0.6) is 40.2 Å². The highest BCUT2D eigenvalue weighted by Gasteiger charge is 2.46. The van der Waals surface area contributed by atoms with E-state index in [2.05, 4.69) is 10.6 Å². The van der Waals surface area contributed by atoms with Crippen molar-refractivity contribution in [1.29, 1.82) is 0 Å². The number of para-hydroxylation sites is 1. The van der Waals surface area contributed by atoms with Gasteiger partial charge in [0.2, 0.25) is 23.5 Å². The van der Waals surface area contributed by atoms with Crippen LogP contribution in [-0.4, -0.2) is 131 Å². The number of aliphatic hydroxyl groups excluding tert-OH is 1. The first-order valence-electron chi connectivity index (χ1n) is 28.0. The average molecular weight is 1110 g/mol. The van der Waals surface area contributed by atoms with Crippen molar-refractivity contribution in [2.45, 2.75) is 140 Å². The minimum Gasteiger partial charge on any atom is -0.493 e. The van der Waals surface area contributed by atoms with Crippen LogP contribution in [0.15, 0.2) is 72.8 Å². The summed E-state index contributed by atoms with van der Waals surface area (Å²) in [6, 6.07) is 19.6. The van der Waals surface area contributed by atoms with Crippen LogP contribution in [0, 0.1) is 0 Å². The van der Waals surface area contributed by atoms with Crippen molar-refractivity contribution in [2.24, 2.45) is 0 Å². The first-order chi connectivity index (χ1) is 38.8. The Morgan fingerprint density at radius 3 is 2.09 bits per heavy atom. The van der Waals surface area contributed by atoms with E-state index >= 15 is 0 Å². The van der Waals surface area contributed by atoms with E-state index in [0.717, 1.165) is 74.7 Å². The molecule has 3 N–H and O–H groups in total. The Balaban J connectivity index is 0.880. The van der Waals surface area contributed by atoms with Gasteiger partial charge in [0.25, 0.3) is 11.8 Å². The molecular formula is C61H78N4O15. The van der Waals surface area contributed by atoms with Crippen LogP contribution in [0.3, 0.4) is 0 Å². The average Bonchev–Trinajstić information content (AvgIpc) is 3.73. The van der Waals surface area contributed by atoms with E-state index < -0.39 is 59.9 Å². The number of hydrogen-bond donors (Lipinski definition) is 3. The van der Waals surface area contributed by atoms with Gasteiger partial charge in [0.1, 0.15) is 42.5 Å². The quantitative estimate of drug-likeness (QED) is 0.0186. The second-order valence-corrected chi connectivity index (χ2v) is 20.2. The van der Waals surface area contributed by atoms with Gasteiger partial charge < -0.3 is 47.9 Å². The molecule has 2 saturated heterocycles. The van der Waals surface area contributed by atoms with Crippen LogP contribution < -0.4 is 43.8 Å². The van der Waals surface area contributed by atoms with Crippen LogP contribution in [0.2, 0.25) is 0 Å². The van der Waals surface area contributed by atoms with Gasteiger partial charge in [0.05, 0.1) is 59.2 Å². The summed E-state index contributed by atoms with van der Waals surface area (Å²) >= 11 is 0. The number of likely N-dealkylation sites (tertiary alicyclic amines) is 1. The van der Waals surface area contributed by atoms with Crippen LogP contribution in [0.25, 0.3) is 0 Å². The van der Waals surface area contributed by atoms with Gasteiger partial charge in [-0.2, -0.15) is 0 Å². The predicted molar refractivity (Wildman–Crippen MR) is 297 cm³/mol. The number of carbonyl (C=O) groups excluding carboxylic acids is 6. The summed E-state index contributed by atoms with van der Waals surface area (Å²) < 4.78 is 46.6. The first-order valence-corrected chi connectivity index (χ1v) is 28.0. The molecule has 5 amide bonds. The standard InChI is InChI=1S/C61H78N4O15/c1-7-41(40-36-51(75-4)56(77-6)52(37-40)76-5)58(69)64-33-18-16-23-45(64)61(72)80-47(29-26-39-27-30-48(73-2)50(35-39)74-3)42-21-14-15-24-46(42)79-38-54(67)62-32-17-12-10-8-9-11-13-19-34-78-49-25-20-22-43-55(49)60(71)65(59(43)70)44-28-31-53(66)63-57(44)68/h14-15,20-22,24-25,27,30,35-37,41,44-45,47,54,62,67H,7-13,16-19,23,26,28-29,31-34,38H2,1-6H3,(H,63,66,68)/t41-,44?,45-,47+,54?/m0/s1. The summed E-state index contributed by atoms with van der Waals surface area (Å²) in [6.45, 7) is 3.24. The Hall–Kier alpha value is -7.38. The van der Waals surface area contributed by atoms with Crippen LogP contribution >= 0.6 is 0 Å². The third-order valence-electron chi connectivity index (χ3n) is 15.1. The Kier molecular flexibility index (Phi) is 22.4. The normalized spacial score (nSPS) is 17.2. The second kappa shape index (κ2) is 29.7. The van der Waals surface area contributed by atoms with Crippen molar-refractivity contribution in [1.82, 2.24) is 20.4 Å². The molecule has 7 rings (SSSR count). The first kappa shape index (κ1) is 60.3. The van der Waals surface area contributed by atoms with Gasteiger partial charge >= 0.3 is 5.97 Å². The number of nitrogens with one attached hydrogen (secondary N) is 2. The van der Waals surface area contributed by atoms with Gasteiger partial charge in [-0.05, 0) is 118 Å².